The van der Waals surface area contributed by atoms with Crippen LogP contribution in [0.5, 0.6) is 0 Å². The average molecular weight is 365 g/mol. The predicted octanol–water partition coefficient (Wildman–Crippen LogP) is 2.82. The van der Waals surface area contributed by atoms with Crippen LogP contribution in [0.15, 0.2) is 42.7 Å². The van der Waals surface area contributed by atoms with E-state index < -0.39 is 0 Å². The zero-order chi connectivity index (χ0) is 18.5. The highest BCUT2D eigenvalue weighted by molar-refractivity contribution is 5.93. The maximum atomic E-state index is 13.0. The van der Waals surface area contributed by atoms with Crippen molar-refractivity contribution in [1.29, 1.82) is 0 Å². The standard InChI is InChI=1S/C21H27N5O/c27-21(26-15-13-25(14-16-26)20-7-3-4-9-23-20)19-17-18(8-10-22-19)24-11-5-1-2-6-12-24/h3-4,7-10,17H,1-2,5-6,11-16H2. The minimum absolute atomic E-state index is 0.0346. The van der Waals surface area contributed by atoms with Crippen molar-refractivity contribution in [3.8, 4) is 0 Å². The van der Waals surface area contributed by atoms with Crippen molar-refractivity contribution in [2.45, 2.75) is 25.7 Å². The molecule has 27 heavy (non-hydrogen) atoms. The van der Waals surface area contributed by atoms with Gasteiger partial charge in [-0.2, -0.15) is 0 Å². The number of rotatable bonds is 3. The maximum absolute atomic E-state index is 13.0. The van der Waals surface area contributed by atoms with E-state index in [1.165, 1.54) is 25.7 Å². The van der Waals surface area contributed by atoms with Gasteiger partial charge in [0.1, 0.15) is 11.5 Å². The van der Waals surface area contributed by atoms with Crippen LogP contribution in [0, 0.1) is 0 Å². The van der Waals surface area contributed by atoms with Crippen molar-refractivity contribution < 1.29 is 4.79 Å². The summed E-state index contributed by atoms with van der Waals surface area (Å²) in [5.41, 5.74) is 1.69. The molecule has 0 N–H and O–H groups in total. The number of hydrogen-bond acceptors (Lipinski definition) is 5. The Morgan fingerprint density at radius 3 is 2.26 bits per heavy atom. The first kappa shape index (κ1) is 17.8. The van der Waals surface area contributed by atoms with Crippen molar-refractivity contribution in [1.82, 2.24) is 14.9 Å². The molecule has 4 heterocycles. The second kappa shape index (κ2) is 8.37. The minimum atomic E-state index is 0.0346. The van der Waals surface area contributed by atoms with Crippen LogP contribution in [0.25, 0.3) is 0 Å². The third kappa shape index (κ3) is 4.21. The van der Waals surface area contributed by atoms with Crippen LogP contribution in [0.4, 0.5) is 11.5 Å². The molecule has 0 bridgehead atoms. The molecule has 2 fully saturated rings. The van der Waals surface area contributed by atoms with Gasteiger partial charge in [-0.25, -0.2) is 4.98 Å². The van der Waals surface area contributed by atoms with Gasteiger partial charge in [-0.15, -0.1) is 0 Å². The number of piperazine rings is 1. The summed E-state index contributed by atoms with van der Waals surface area (Å²) in [5, 5.41) is 0. The van der Waals surface area contributed by atoms with Crippen molar-refractivity contribution >= 4 is 17.4 Å². The van der Waals surface area contributed by atoms with E-state index >= 15 is 0 Å². The Bertz CT molecular complexity index is 750. The van der Waals surface area contributed by atoms with E-state index in [1.54, 1.807) is 6.20 Å². The molecule has 0 radical (unpaired) electrons. The van der Waals surface area contributed by atoms with E-state index in [2.05, 4.69) is 19.8 Å². The van der Waals surface area contributed by atoms with E-state index in [9.17, 15) is 4.79 Å². The van der Waals surface area contributed by atoms with Gasteiger partial charge in [0, 0.05) is 57.3 Å². The lowest BCUT2D eigenvalue weighted by Crippen LogP contribution is -2.49. The Hall–Kier alpha value is -2.63. The van der Waals surface area contributed by atoms with E-state index in [0.29, 0.717) is 18.8 Å². The number of hydrogen-bond donors (Lipinski definition) is 0. The largest absolute Gasteiger partial charge is 0.371 e. The molecule has 0 spiro atoms. The van der Waals surface area contributed by atoms with Crippen molar-refractivity contribution in [3.05, 3.63) is 48.4 Å². The van der Waals surface area contributed by atoms with Gasteiger partial charge in [0.2, 0.25) is 0 Å². The first-order valence-corrected chi connectivity index (χ1v) is 9.97. The van der Waals surface area contributed by atoms with Gasteiger partial charge in [0.15, 0.2) is 0 Å². The van der Waals surface area contributed by atoms with Crippen LogP contribution in [0.1, 0.15) is 36.2 Å². The molecule has 0 aliphatic carbocycles. The van der Waals surface area contributed by atoms with E-state index in [-0.39, 0.29) is 5.91 Å². The summed E-state index contributed by atoms with van der Waals surface area (Å²) in [6.45, 7) is 5.14. The van der Waals surface area contributed by atoms with Crippen LogP contribution in [-0.4, -0.2) is 60.0 Å². The summed E-state index contributed by atoms with van der Waals surface area (Å²) >= 11 is 0. The number of nitrogens with zero attached hydrogens (tertiary/aromatic N) is 5. The van der Waals surface area contributed by atoms with Crippen LogP contribution >= 0.6 is 0 Å². The molecule has 4 rings (SSSR count). The molecule has 2 aliphatic rings. The number of carbonyl (C=O) groups is 1. The lowest BCUT2D eigenvalue weighted by atomic mass is 10.2. The molecular formula is C21H27N5O. The van der Waals surface area contributed by atoms with Gasteiger partial charge >= 0.3 is 0 Å². The first-order valence-electron chi connectivity index (χ1n) is 9.97. The molecule has 2 aliphatic heterocycles. The Balaban J connectivity index is 1.40. The Labute approximate surface area is 160 Å². The zero-order valence-electron chi connectivity index (χ0n) is 15.8. The number of carbonyl (C=O) groups excluding carboxylic acids is 1. The first-order chi connectivity index (χ1) is 13.3. The molecule has 2 aromatic rings. The Kier molecular flexibility index (Phi) is 5.51. The van der Waals surface area contributed by atoms with E-state index in [4.69, 9.17) is 0 Å². The SMILES string of the molecule is O=C(c1cc(N2CCCCCC2)ccn1)N1CCN(c2ccccn2)CC1. The highest BCUT2D eigenvalue weighted by Gasteiger charge is 2.24. The fourth-order valence-electron chi connectivity index (χ4n) is 3.90. The third-order valence-corrected chi connectivity index (χ3v) is 5.47. The maximum Gasteiger partial charge on any atom is 0.272 e. The number of pyridine rings is 2. The zero-order valence-corrected chi connectivity index (χ0v) is 15.8. The summed E-state index contributed by atoms with van der Waals surface area (Å²) < 4.78 is 0. The number of anilines is 2. The molecule has 142 valence electrons. The van der Waals surface area contributed by atoms with Crippen LogP contribution in [-0.2, 0) is 0 Å². The van der Waals surface area contributed by atoms with Gasteiger partial charge in [-0.1, -0.05) is 18.9 Å². The molecule has 0 atom stereocenters. The summed E-state index contributed by atoms with van der Waals surface area (Å²) in [4.78, 5) is 28.3. The van der Waals surface area contributed by atoms with Crippen LogP contribution in [0.3, 0.4) is 0 Å². The Morgan fingerprint density at radius 1 is 0.778 bits per heavy atom. The summed E-state index contributed by atoms with van der Waals surface area (Å²) in [5.74, 6) is 1.01. The lowest BCUT2D eigenvalue weighted by Gasteiger charge is -2.35. The van der Waals surface area contributed by atoms with Gasteiger partial charge in [-0.3, -0.25) is 9.78 Å². The van der Waals surface area contributed by atoms with Crippen molar-refractivity contribution in [3.63, 3.8) is 0 Å². The molecule has 0 unspecified atom stereocenters. The molecule has 6 nitrogen and oxygen atoms in total. The summed E-state index contributed by atoms with van der Waals surface area (Å²) in [6.07, 6.45) is 8.63. The monoisotopic (exact) mass is 365 g/mol. The molecule has 1 amide bonds. The smallest absolute Gasteiger partial charge is 0.272 e. The molecule has 2 saturated heterocycles. The average Bonchev–Trinajstić information content (AvgIpc) is 3.04. The normalized spacial score (nSPS) is 18.3. The molecule has 0 saturated carbocycles. The third-order valence-electron chi connectivity index (χ3n) is 5.47. The van der Waals surface area contributed by atoms with Crippen molar-refractivity contribution in [2.24, 2.45) is 0 Å². The van der Waals surface area contributed by atoms with E-state index in [1.807, 2.05) is 41.4 Å². The highest BCUT2D eigenvalue weighted by atomic mass is 16.2. The van der Waals surface area contributed by atoms with Crippen LogP contribution < -0.4 is 9.80 Å². The summed E-state index contributed by atoms with van der Waals surface area (Å²) in [7, 11) is 0. The van der Waals surface area contributed by atoms with Gasteiger partial charge in [0.25, 0.3) is 5.91 Å². The number of amides is 1. The molecular weight excluding hydrogens is 338 g/mol. The lowest BCUT2D eigenvalue weighted by molar-refractivity contribution is 0.0740. The minimum Gasteiger partial charge on any atom is -0.371 e. The second-order valence-corrected chi connectivity index (χ2v) is 7.27. The van der Waals surface area contributed by atoms with Gasteiger partial charge in [-0.05, 0) is 37.1 Å². The van der Waals surface area contributed by atoms with Gasteiger partial charge in [0.05, 0.1) is 0 Å². The number of aromatic nitrogens is 2. The molecule has 2 aromatic heterocycles. The highest BCUT2D eigenvalue weighted by Crippen LogP contribution is 2.21. The van der Waals surface area contributed by atoms with Gasteiger partial charge < -0.3 is 14.7 Å². The van der Waals surface area contributed by atoms with Crippen LogP contribution in [0.2, 0.25) is 0 Å². The molecule has 0 aromatic carbocycles. The fraction of sp³-hybridized carbons (Fsp3) is 0.476. The predicted molar refractivity (Wildman–Crippen MR) is 107 cm³/mol. The Morgan fingerprint density at radius 2 is 1.56 bits per heavy atom. The quantitative estimate of drug-likeness (QED) is 0.837. The summed E-state index contributed by atoms with van der Waals surface area (Å²) in [6, 6.07) is 9.94. The fourth-order valence-corrected chi connectivity index (χ4v) is 3.90. The molecule has 6 heteroatoms. The topological polar surface area (TPSA) is 52.6 Å². The van der Waals surface area contributed by atoms with Crippen molar-refractivity contribution in [2.75, 3.05) is 49.1 Å². The second-order valence-electron chi connectivity index (χ2n) is 7.27. The van der Waals surface area contributed by atoms with E-state index in [0.717, 1.165) is 37.7 Å².